The third-order valence-corrected chi connectivity index (χ3v) is 5.36. The predicted molar refractivity (Wildman–Crippen MR) is 104 cm³/mol. The smallest absolute Gasteiger partial charge is 0.410 e. The van der Waals surface area contributed by atoms with Crippen molar-refractivity contribution in [1.82, 2.24) is 15.1 Å². The summed E-state index contributed by atoms with van der Waals surface area (Å²) in [6, 6.07) is 12.1. The maximum Gasteiger partial charge on any atom is 0.415 e. The number of piperazine rings is 2. The fourth-order valence-corrected chi connectivity index (χ4v) is 3.89. The van der Waals surface area contributed by atoms with Gasteiger partial charge in [-0.3, -0.25) is 9.59 Å². The van der Waals surface area contributed by atoms with E-state index >= 15 is 0 Å². The van der Waals surface area contributed by atoms with Crippen molar-refractivity contribution in [2.75, 3.05) is 19.6 Å². The summed E-state index contributed by atoms with van der Waals surface area (Å²) in [5.74, 6) is 0.215. The van der Waals surface area contributed by atoms with Crippen molar-refractivity contribution in [3.8, 4) is 5.75 Å². The van der Waals surface area contributed by atoms with Crippen molar-refractivity contribution in [2.24, 2.45) is 0 Å². The zero-order valence-corrected chi connectivity index (χ0v) is 15.8. The number of hydrogen-bond acceptors (Lipinski definition) is 4. The molecule has 0 aromatic heterocycles. The van der Waals surface area contributed by atoms with E-state index in [1.165, 1.54) is 4.90 Å². The Kier molecular flexibility index (Phi) is 4.90. The van der Waals surface area contributed by atoms with Crippen LogP contribution >= 0.6 is 0 Å². The molecule has 2 aliphatic rings. The number of benzene rings is 2. The zero-order valence-electron chi connectivity index (χ0n) is 15.8. The predicted octanol–water partition coefficient (Wildman–Crippen LogP) is 2.15. The summed E-state index contributed by atoms with van der Waals surface area (Å²) in [5.41, 5.74) is 0. The molecule has 2 aromatic carbocycles. The summed E-state index contributed by atoms with van der Waals surface area (Å²) in [4.78, 5) is 40.9. The fraction of sp³-hybridized carbons (Fsp3) is 0.381. The molecule has 2 atom stereocenters. The van der Waals surface area contributed by atoms with E-state index in [-0.39, 0.29) is 18.4 Å². The lowest BCUT2D eigenvalue weighted by atomic mass is 10.0. The monoisotopic (exact) mass is 381 g/mol. The minimum Gasteiger partial charge on any atom is -0.410 e. The van der Waals surface area contributed by atoms with E-state index in [0.717, 1.165) is 17.2 Å². The molecule has 4 rings (SSSR count). The third-order valence-electron chi connectivity index (χ3n) is 5.36. The topological polar surface area (TPSA) is 79.0 Å². The van der Waals surface area contributed by atoms with E-state index in [1.54, 1.807) is 11.0 Å². The molecule has 2 heterocycles. The molecule has 2 fully saturated rings. The Hall–Kier alpha value is -3.09. The lowest BCUT2D eigenvalue weighted by molar-refractivity contribution is -0.152. The van der Waals surface area contributed by atoms with Crippen LogP contribution in [0.1, 0.15) is 19.8 Å². The first-order chi connectivity index (χ1) is 13.6. The quantitative estimate of drug-likeness (QED) is 0.884. The largest absolute Gasteiger partial charge is 0.415 e. The number of fused-ring (bicyclic) bond motifs is 2. The second kappa shape index (κ2) is 7.50. The van der Waals surface area contributed by atoms with Crippen molar-refractivity contribution in [1.29, 1.82) is 0 Å². The van der Waals surface area contributed by atoms with Crippen LogP contribution in [0.4, 0.5) is 4.79 Å². The molecule has 2 saturated heterocycles. The van der Waals surface area contributed by atoms with Gasteiger partial charge in [-0.15, -0.1) is 0 Å². The van der Waals surface area contributed by atoms with Crippen LogP contribution in [0.15, 0.2) is 42.5 Å². The lowest BCUT2D eigenvalue weighted by Crippen LogP contribution is -2.69. The van der Waals surface area contributed by atoms with Gasteiger partial charge in [0, 0.05) is 18.5 Å². The summed E-state index contributed by atoms with van der Waals surface area (Å²) in [5, 5.41) is 4.63. The summed E-state index contributed by atoms with van der Waals surface area (Å²) < 4.78 is 5.62. The number of nitrogens with zero attached hydrogens (tertiary/aromatic N) is 2. The van der Waals surface area contributed by atoms with E-state index in [9.17, 15) is 14.4 Å². The van der Waals surface area contributed by atoms with Crippen LogP contribution in [0, 0.1) is 0 Å². The molecular formula is C21H23N3O4. The molecule has 0 aliphatic carbocycles. The number of amides is 3. The number of rotatable bonds is 3. The second-order valence-electron chi connectivity index (χ2n) is 7.19. The summed E-state index contributed by atoms with van der Waals surface area (Å²) in [6.07, 6.45) is 0.936. The van der Waals surface area contributed by atoms with Crippen LogP contribution in [0.5, 0.6) is 5.75 Å². The molecule has 1 N–H and O–H groups in total. The van der Waals surface area contributed by atoms with E-state index in [0.29, 0.717) is 25.3 Å². The van der Waals surface area contributed by atoms with Crippen LogP contribution in [0.2, 0.25) is 0 Å². The standard InChI is InChI=1S/C21H23N3O4/c1-2-6-16-20(26)24-12-11-23(13-17(24)19(25)22-16)21(27)28-18-10-5-8-14-7-3-4-9-15(14)18/h3-5,7-10,16-17H,2,6,11-13H2,1H3,(H,22,25)/t16-,17+/m0/s1. The molecule has 0 bridgehead atoms. The molecule has 7 nitrogen and oxygen atoms in total. The SMILES string of the molecule is CCC[C@@H]1NC(=O)[C@H]2CN(C(=O)Oc3cccc4ccccc34)CCN2C1=O. The molecule has 2 aromatic rings. The minimum atomic E-state index is -0.658. The highest BCUT2D eigenvalue weighted by atomic mass is 16.6. The van der Waals surface area contributed by atoms with Gasteiger partial charge in [-0.2, -0.15) is 0 Å². The number of ether oxygens (including phenoxy) is 1. The molecular weight excluding hydrogens is 358 g/mol. The number of carbonyl (C=O) groups excluding carboxylic acids is 3. The van der Waals surface area contributed by atoms with E-state index in [2.05, 4.69) is 5.32 Å². The van der Waals surface area contributed by atoms with E-state index in [1.807, 2.05) is 43.3 Å². The first kappa shape index (κ1) is 18.3. The van der Waals surface area contributed by atoms with Gasteiger partial charge >= 0.3 is 6.09 Å². The average molecular weight is 381 g/mol. The van der Waals surface area contributed by atoms with Crippen LogP contribution < -0.4 is 10.1 Å². The highest BCUT2D eigenvalue weighted by Crippen LogP contribution is 2.26. The van der Waals surface area contributed by atoms with Gasteiger partial charge in [0.15, 0.2) is 0 Å². The zero-order chi connectivity index (χ0) is 19.7. The molecule has 0 saturated carbocycles. The fourth-order valence-electron chi connectivity index (χ4n) is 3.89. The summed E-state index contributed by atoms with van der Waals surface area (Å²) in [7, 11) is 0. The average Bonchev–Trinajstić information content (AvgIpc) is 2.72. The minimum absolute atomic E-state index is 0.0616. The Balaban J connectivity index is 1.47. The van der Waals surface area contributed by atoms with E-state index in [4.69, 9.17) is 4.74 Å². The van der Waals surface area contributed by atoms with Gasteiger partial charge in [-0.25, -0.2) is 4.79 Å². The van der Waals surface area contributed by atoms with Crippen molar-refractivity contribution in [3.63, 3.8) is 0 Å². The Bertz CT molecular complexity index is 924. The first-order valence-corrected chi connectivity index (χ1v) is 9.64. The normalized spacial score (nSPS) is 22.0. The van der Waals surface area contributed by atoms with Crippen molar-refractivity contribution < 1.29 is 19.1 Å². The number of nitrogens with one attached hydrogen (secondary N) is 1. The molecule has 2 aliphatic heterocycles. The summed E-state index contributed by atoms with van der Waals surface area (Å²) in [6.45, 7) is 2.80. The molecule has 28 heavy (non-hydrogen) atoms. The van der Waals surface area contributed by atoms with E-state index < -0.39 is 18.2 Å². The van der Waals surface area contributed by atoms with Gasteiger partial charge in [-0.05, 0) is 17.9 Å². The maximum atomic E-state index is 12.7. The van der Waals surface area contributed by atoms with Crippen molar-refractivity contribution in [3.05, 3.63) is 42.5 Å². The highest BCUT2D eigenvalue weighted by Gasteiger charge is 2.44. The van der Waals surface area contributed by atoms with Gasteiger partial charge < -0.3 is 19.9 Å². The highest BCUT2D eigenvalue weighted by molar-refractivity contribution is 5.97. The van der Waals surface area contributed by atoms with Gasteiger partial charge in [0.25, 0.3) is 0 Å². The van der Waals surface area contributed by atoms with Crippen molar-refractivity contribution >= 4 is 28.7 Å². The van der Waals surface area contributed by atoms with Gasteiger partial charge in [0.1, 0.15) is 17.8 Å². The molecule has 3 amide bonds. The molecule has 0 radical (unpaired) electrons. The summed E-state index contributed by atoms with van der Waals surface area (Å²) >= 11 is 0. The molecule has 7 heteroatoms. The van der Waals surface area contributed by atoms with Gasteiger partial charge in [0.2, 0.25) is 11.8 Å². The lowest BCUT2D eigenvalue weighted by Gasteiger charge is -2.44. The Morgan fingerprint density at radius 3 is 2.75 bits per heavy atom. The number of hydrogen-bond donors (Lipinski definition) is 1. The third kappa shape index (κ3) is 3.28. The van der Waals surface area contributed by atoms with Crippen LogP contribution in [0.3, 0.4) is 0 Å². The van der Waals surface area contributed by atoms with Crippen LogP contribution in [-0.2, 0) is 9.59 Å². The number of carbonyl (C=O) groups is 3. The Morgan fingerprint density at radius 1 is 1.14 bits per heavy atom. The van der Waals surface area contributed by atoms with Gasteiger partial charge in [0.05, 0.1) is 6.54 Å². The van der Waals surface area contributed by atoms with Crippen LogP contribution in [0.25, 0.3) is 10.8 Å². The Morgan fingerprint density at radius 2 is 1.93 bits per heavy atom. The maximum absolute atomic E-state index is 12.7. The molecule has 146 valence electrons. The van der Waals surface area contributed by atoms with Crippen molar-refractivity contribution in [2.45, 2.75) is 31.8 Å². The molecule has 0 spiro atoms. The van der Waals surface area contributed by atoms with Crippen LogP contribution in [-0.4, -0.2) is 59.4 Å². The first-order valence-electron chi connectivity index (χ1n) is 9.64. The Labute approximate surface area is 163 Å². The second-order valence-corrected chi connectivity index (χ2v) is 7.19. The van der Waals surface area contributed by atoms with Gasteiger partial charge in [-0.1, -0.05) is 49.7 Å². The molecule has 0 unspecified atom stereocenters.